The normalized spacial score (nSPS) is 15.8. The lowest BCUT2D eigenvalue weighted by Gasteiger charge is -2.40. The molecule has 2 aromatic heterocycles. The van der Waals surface area contributed by atoms with Crippen molar-refractivity contribution in [2.45, 2.75) is 38.8 Å². The third-order valence-electron chi connectivity index (χ3n) is 5.72. The van der Waals surface area contributed by atoms with E-state index in [1.807, 2.05) is 37.8 Å². The van der Waals surface area contributed by atoms with E-state index in [9.17, 15) is 9.59 Å². The number of hydrogen-bond acceptors (Lipinski definition) is 5. The molecule has 4 rings (SSSR count). The summed E-state index contributed by atoms with van der Waals surface area (Å²) in [5.41, 5.74) is 0.547. The molecule has 0 saturated carbocycles. The largest absolute Gasteiger partial charge is 0.491 e. The van der Waals surface area contributed by atoms with Gasteiger partial charge in [0, 0.05) is 22.0 Å². The van der Waals surface area contributed by atoms with Gasteiger partial charge >= 0.3 is 0 Å². The molecule has 0 fully saturated rings. The maximum absolute atomic E-state index is 13.6. The molecule has 0 aliphatic carbocycles. The fourth-order valence-electron chi connectivity index (χ4n) is 3.95. The number of benzene rings is 1. The highest BCUT2D eigenvalue weighted by atomic mass is 35.5. The molecule has 1 aromatic carbocycles. The fraction of sp³-hybridized carbons (Fsp3) is 0.360. The lowest BCUT2D eigenvalue weighted by atomic mass is 9.99. The van der Waals surface area contributed by atoms with Gasteiger partial charge in [0.05, 0.1) is 12.3 Å². The molecule has 0 spiro atoms. The number of ether oxygens (including phenoxy) is 1. The van der Waals surface area contributed by atoms with Crippen LogP contribution in [0.25, 0.3) is 0 Å². The summed E-state index contributed by atoms with van der Waals surface area (Å²) in [5.74, 6) is 0.493. The molecule has 2 amide bonds. The van der Waals surface area contributed by atoms with E-state index in [1.54, 1.807) is 40.5 Å². The summed E-state index contributed by atoms with van der Waals surface area (Å²) in [5, 5.41) is 2.69. The van der Waals surface area contributed by atoms with Crippen molar-refractivity contribution in [2.24, 2.45) is 0 Å². The second-order valence-electron chi connectivity index (χ2n) is 8.96. The number of carbonyl (C=O) groups excluding carboxylic acids is 2. The molecule has 0 N–H and O–H groups in total. The molecule has 0 unspecified atom stereocenters. The number of thiophene rings is 1. The van der Waals surface area contributed by atoms with Crippen LogP contribution in [0.5, 0.6) is 5.75 Å². The summed E-state index contributed by atoms with van der Waals surface area (Å²) in [6.45, 7) is 6.59. The molecule has 0 radical (unpaired) electrons. The minimum atomic E-state index is -0.557. The molecule has 1 aliphatic heterocycles. The average molecular weight is 487 g/mol. The third kappa shape index (κ3) is 5.25. The quantitative estimate of drug-likeness (QED) is 0.465. The number of rotatable bonds is 6. The van der Waals surface area contributed by atoms with Crippen LogP contribution in [0, 0.1) is 0 Å². The van der Waals surface area contributed by atoms with Gasteiger partial charge in [0.15, 0.2) is 5.76 Å². The Labute approximate surface area is 202 Å². The van der Waals surface area contributed by atoms with Crippen LogP contribution in [0.3, 0.4) is 0 Å². The summed E-state index contributed by atoms with van der Waals surface area (Å²) >= 11 is 7.68. The van der Waals surface area contributed by atoms with Gasteiger partial charge in [-0.15, -0.1) is 11.3 Å². The van der Waals surface area contributed by atoms with E-state index in [0.717, 1.165) is 12.0 Å². The maximum atomic E-state index is 13.6. The third-order valence-corrected chi connectivity index (χ3v) is 6.97. The molecular formula is C25H27ClN2O4S. The number of halogens is 1. The lowest BCUT2D eigenvalue weighted by molar-refractivity contribution is -0.136. The van der Waals surface area contributed by atoms with Gasteiger partial charge in [-0.1, -0.05) is 11.6 Å². The number of hydrogen-bond donors (Lipinski definition) is 0. The van der Waals surface area contributed by atoms with E-state index < -0.39 is 5.54 Å². The maximum Gasteiger partial charge on any atom is 0.290 e. The van der Waals surface area contributed by atoms with E-state index in [1.165, 1.54) is 11.1 Å². The summed E-state index contributed by atoms with van der Waals surface area (Å²) in [6, 6.07) is 12.3. The lowest BCUT2D eigenvalue weighted by Crippen LogP contribution is -2.53. The van der Waals surface area contributed by atoms with E-state index in [-0.39, 0.29) is 30.2 Å². The molecule has 174 valence electrons. The van der Waals surface area contributed by atoms with Crippen molar-refractivity contribution in [1.82, 2.24) is 9.80 Å². The summed E-state index contributed by atoms with van der Waals surface area (Å²) in [6.07, 6.45) is 2.25. The Morgan fingerprint density at radius 2 is 1.97 bits per heavy atom. The van der Waals surface area contributed by atoms with Crippen molar-refractivity contribution >= 4 is 34.8 Å². The first-order chi connectivity index (χ1) is 15.7. The monoisotopic (exact) mass is 486 g/mol. The van der Waals surface area contributed by atoms with Crippen molar-refractivity contribution in [3.05, 3.63) is 75.3 Å². The summed E-state index contributed by atoms with van der Waals surface area (Å²) < 4.78 is 11.3. The van der Waals surface area contributed by atoms with E-state index in [2.05, 4.69) is 11.4 Å². The second-order valence-corrected chi connectivity index (χ2v) is 10.4. The van der Waals surface area contributed by atoms with Crippen LogP contribution in [-0.4, -0.2) is 46.8 Å². The Balaban J connectivity index is 1.54. The number of nitrogens with zero attached hydrogens (tertiary/aromatic N) is 2. The Bertz CT molecular complexity index is 1100. The first kappa shape index (κ1) is 23.4. The van der Waals surface area contributed by atoms with Crippen LogP contribution < -0.4 is 4.74 Å². The Morgan fingerprint density at radius 3 is 2.64 bits per heavy atom. The number of fused-ring (bicyclic) bond motifs is 1. The predicted molar refractivity (Wildman–Crippen MR) is 129 cm³/mol. The van der Waals surface area contributed by atoms with Gasteiger partial charge in [-0.25, -0.2) is 0 Å². The zero-order valence-electron chi connectivity index (χ0n) is 18.9. The topological polar surface area (TPSA) is 63.0 Å². The van der Waals surface area contributed by atoms with E-state index in [4.69, 9.17) is 20.8 Å². The van der Waals surface area contributed by atoms with Gasteiger partial charge in [0.2, 0.25) is 5.91 Å². The molecule has 1 atom stereocenters. The van der Waals surface area contributed by atoms with Crippen LogP contribution in [0.1, 0.15) is 47.8 Å². The Kier molecular flexibility index (Phi) is 6.81. The van der Waals surface area contributed by atoms with Crippen LogP contribution in [0.4, 0.5) is 0 Å². The molecule has 6 nitrogen and oxygen atoms in total. The smallest absolute Gasteiger partial charge is 0.290 e. The van der Waals surface area contributed by atoms with E-state index in [0.29, 0.717) is 23.9 Å². The van der Waals surface area contributed by atoms with Gasteiger partial charge in [-0.05, 0) is 80.6 Å². The Hall–Kier alpha value is -2.77. The molecular weight excluding hydrogens is 460 g/mol. The molecule has 3 heterocycles. The molecule has 0 saturated heterocycles. The summed E-state index contributed by atoms with van der Waals surface area (Å²) in [4.78, 5) is 31.3. The predicted octanol–water partition coefficient (Wildman–Crippen LogP) is 5.44. The van der Waals surface area contributed by atoms with Crippen LogP contribution in [0.15, 0.2) is 58.5 Å². The minimum absolute atomic E-state index is 0.0417. The van der Waals surface area contributed by atoms with Crippen molar-refractivity contribution in [3.63, 3.8) is 0 Å². The average Bonchev–Trinajstić information content (AvgIpc) is 3.47. The van der Waals surface area contributed by atoms with Crippen molar-refractivity contribution < 1.29 is 18.7 Å². The standard InChI is InChI=1S/C25H27ClN2O4S/c1-25(2,3)28(24(30)21-5-4-13-31-21)15-23(29)27-12-10-22-19(11-14-33-22)20(27)16-32-18-8-6-17(26)7-9-18/h4-9,11,13-14,20H,10,12,15-16H2,1-3H3/t20-/m1/s1. The Morgan fingerprint density at radius 1 is 1.21 bits per heavy atom. The molecule has 33 heavy (non-hydrogen) atoms. The first-order valence-electron chi connectivity index (χ1n) is 10.8. The number of furan rings is 1. The SMILES string of the molecule is CC(C)(C)N(CC(=O)N1CCc2sccc2[C@H]1COc1ccc(Cl)cc1)C(=O)c1ccco1. The number of amides is 2. The molecule has 8 heteroatoms. The van der Waals surface area contributed by atoms with Gasteiger partial charge in [0.25, 0.3) is 5.91 Å². The number of carbonyl (C=O) groups is 2. The zero-order chi connectivity index (χ0) is 23.6. The summed E-state index contributed by atoms with van der Waals surface area (Å²) in [7, 11) is 0. The van der Waals surface area contributed by atoms with Crippen molar-refractivity contribution in [1.29, 1.82) is 0 Å². The minimum Gasteiger partial charge on any atom is -0.491 e. The fourth-order valence-corrected chi connectivity index (χ4v) is 5.01. The highest BCUT2D eigenvalue weighted by Gasteiger charge is 2.36. The van der Waals surface area contributed by atoms with Gasteiger partial charge in [0.1, 0.15) is 18.9 Å². The van der Waals surface area contributed by atoms with Crippen LogP contribution >= 0.6 is 22.9 Å². The van der Waals surface area contributed by atoms with Crippen LogP contribution in [0.2, 0.25) is 5.02 Å². The van der Waals surface area contributed by atoms with Gasteiger partial charge in [-0.2, -0.15) is 0 Å². The second kappa shape index (κ2) is 9.61. The zero-order valence-corrected chi connectivity index (χ0v) is 20.5. The van der Waals surface area contributed by atoms with Gasteiger partial charge < -0.3 is 19.0 Å². The van der Waals surface area contributed by atoms with E-state index >= 15 is 0 Å². The molecule has 0 bridgehead atoms. The van der Waals surface area contributed by atoms with Crippen molar-refractivity contribution in [2.75, 3.05) is 19.7 Å². The van der Waals surface area contributed by atoms with Crippen molar-refractivity contribution in [3.8, 4) is 5.75 Å². The van der Waals surface area contributed by atoms with Gasteiger partial charge in [-0.3, -0.25) is 9.59 Å². The highest BCUT2D eigenvalue weighted by molar-refractivity contribution is 7.10. The molecule has 3 aromatic rings. The highest BCUT2D eigenvalue weighted by Crippen LogP contribution is 2.34. The molecule has 1 aliphatic rings. The first-order valence-corrected chi connectivity index (χ1v) is 12.1. The van der Waals surface area contributed by atoms with Crippen LogP contribution in [-0.2, 0) is 11.2 Å².